The van der Waals surface area contributed by atoms with Gasteiger partial charge in [-0.15, -0.1) is 11.8 Å². The molecule has 0 aliphatic carbocycles. The van der Waals surface area contributed by atoms with Crippen molar-refractivity contribution < 1.29 is 14.3 Å². The molecule has 150 valence electrons. The standard InChI is InChI=1S/C25H20O4S/c26-22-17-23(19-10-7-13-21(16-19)28-20-11-5-2-6-12-20)29-25(27)24(22)30-15-14-18-8-3-1-4-9-18/h1-13,16-17,26H,14-15H2. The summed E-state index contributed by atoms with van der Waals surface area (Å²) in [5.41, 5.74) is 1.29. The van der Waals surface area contributed by atoms with Gasteiger partial charge in [0, 0.05) is 17.4 Å². The lowest BCUT2D eigenvalue weighted by Crippen LogP contribution is -2.04. The van der Waals surface area contributed by atoms with E-state index in [-0.39, 0.29) is 10.6 Å². The first-order valence-corrected chi connectivity index (χ1v) is 10.5. The van der Waals surface area contributed by atoms with E-state index in [1.165, 1.54) is 23.4 Å². The van der Waals surface area contributed by atoms with Crippen LogP contribution in [0.4, 0.5) is 0 Å². The minimum absolute atomic E-state index is 0.0753. The van der Waals surface area contributed by atoms with Crippen LogP contribution in [0.25, 0.3) is 11.3 Å². The zero-order valence-electron chi connectivity index (χ0n) is 16.2. The van der Waals surface area contributed by atoms with Crippen LogP contribution in [0.3, 0.4) is 0 Å². The third kappa shape index (κ3) is 4.93. The number of benzene rings is 3. The fourth-order valence-electron chi connectivity index (χ4n) is 3.00. The number of aromatic hydroxyl groups is 1. The molecule has 4 aromatic rings. The fraction of sp³-hybridized carbons (Fsp3) is 0.0800. The van der Waals surface area contributed by atoms with Crippen molar-refractivity contribution in [2.75, 3.05) is 5.75 Å². The molecule has 0 fully saturated rings. The van der Waals surface area contributed by atoms with Gasteiger partial charge in [-0.05, 0) is 36.2 Å². The summed E-state index contributed by atoms with van der Waals surface area (Å²) in [4.78, 5) is 12.7. The smallest absolute Gasteiger partial charge is 0.353 e. The summed E-state index contributed by atoms with van der Waals surface area (Å²) in [6.07, 6.45) is 0.797. The van der Waals surface area contributed by atoms with Gasteiger partial charge >= 0.3 is 5.63 Å². The SMILES string of the molecule is O=c1oc(-c2cccc(Oc3ccccc3)c2)cc(O)c1SCCc1ccccc1. The maximum absolute atomic E-state index is 12.5. The lowest BCUT2D eigenvalue weighted by Gasteiger charge is -2.09. The average Bonchev–Trinajstić information content (AvgIpc) is 2.77. The highest BCUT2D eigenvalue weighted by atomic mass is 32.2. The van der Waals surface area contributed by atoms with Gasteiger partial charge in [0.2, 0.25) is 0 Å². The van der Waals surface area contributed by atoms with E-state index < -0.39 is 5.63 Å². The Hall–Kier alpha value is -3.44. The summed E-state index contributed by atoms with van der Waals surface area (Å²) in [6.45, 7) is 0. The van der Waals surface area contributed by atoms with Crippen LogP contribution in [0, 0.1) is 0 Å². The van der Waals surface area contributed by atoms with Crippen molar-refractivity contribution in [1.82, 2.24) is 0 Å². The van der Waals surface area contributed by atoms with E-state index in [9.17, 15) is 9.90 Å². The largest absolute Gasteiger partial charge is 0.506 e. The molecule has 3 aromatic carbocycles. The molecule has 1 heterocycles. The molecule has 0 bridgehead atoms. The topological polar surface area (TPSA) is 59.7 Å². The van der Waals surface area contributed by atoms with Crippen molar-refractivity contribution in [3.63, 3.8) is 0 Å². The average molecular weight is 416 g/mol. The van der Waals surface area contributed by atoms with E-state index in [4.69, 9.17) is 9.15 Å². The van der Waals surface area contributed by atoms with Gasteiger partial charge in [-0.2, -0.15) is 0 Å². The van der Waals surface area contributed by atoms with Crippen LogP contribution in [-0.2, 0) is 6.42 Å². The molecule has 1 N–H and O–H groups in total. The first kappa shape index (κ1) is 19.9. The Kier molecular flexibility index (Phi) is 6.20. The number of ether oxygens (including phenoxy) is 1. The molecule has 0 atom stereocenters. The molecule has 5 heteroatoms. The summed E-state index contributed by atoms with van der Waals surface area (Å²) >= 11 is 1.30. The fourth-order valence-corrected chi connectivity index (χ4v) is 3.91. The molecule has 4 nitrogen and oxygen atoms in total. The molecule has 0 unspecified atom stereocenters. The van der Waals surface area contributed by atoms with Crippen LogP contribution in [0.5, 0.6) is 17.2 Å². The highest BCUT2D eigenvalue weighted by molar-refractivity contribution is 7.99. The molecule has 0 radical (unpaired) electrons. The van der Waals surface area contributed by atoms with E-state index in [1.807, 2.05) is 72.8 Å². The molecule has 1 aromatic heterocycles. The van der Waals surface area contributed by atoms with Gasteiger partial charge in [0.25, 0.3) is 0 Å². The molecule has 0 spiro atoms. The van der Waals surface area contributed by atoms with Crippen molar-refractivity contribution >= 4 is 11.8 Å². The molecule has 0 amide bonds. The Morgan fingerprint density at radius 2 is 1.53 bits per heavy atom. The monoisotopic (exact) mass is 416 g/mol. The number of thioether (sulfide) groups is 1. The Morgan fingerprint density at radius 1 is 0.833 bits per heavy atom. The summed E-state index contributed by atoms with van der Waals surface area (Å²) in [5, 5.41) is 10.4. The van der Waals surface area contributed by atoms with Crippen LogP contribution in [0.2, 0.25) is 0 Å². The zero-order chi connectivity index (χ0) is 20.8. The molecule has 30 heavy (non-hydrogen) atoms. The van der Waals surface area contributed by atoms with E-state index >= 15 is 0 Å². The lowest BCUT2D eigenvalue weighted by atomic mass is 10.1. The van der Waals surface area contributed by atoms with Crippen molar-refractivity contribution in [2.24, 2.45) is 0 Å². The second-order valence-electron chi connectivity index (χ2n) is 6.64. The summed E-state index contributed by atoms with van der Waals surface area (Å²) in [7, 11) is 0. The molecular formula is C25H20O4S. The van der Waals surface area contributed by atoms with Gasteiger partial charge < -0.3 is 14.3 Å². The van der Waals surface area contributed by atoms with E-state index in [0.29, 0.717) is 28.6 Å². The van der Waals surface area contributed by atoms with Crippen LogP contribution >= 0.6 is 11.8 Å². The van der Waals surface area contributed by atoms with Crippen molar-refractivity contribution in [2.45, 2.75) is 11.3 Å². The van der Waals surface area contributed by atoms with Gasteiger partial charge in [-0.1, -0.05) is 60.7 Å². The Labute approximate surface area is 178 Å². The van der Waals surface area contributed by atoms with Crippen molar-refractivity contribution in [3.05, 3.63) is 107 Å². The van der Waals surface area contributed by atoms with Gasteiger partial charge in [0.1, 0.15) is 27.9 Å². The second kappa shape index (κ2) is 9.37. The molecule has 0 aliphatic rings. The third-order valence-corrected chi connectivity index (χ3v) is 5.54. The van der Waals surface area contributed by atoms with Crippen LogP contribution in [0.15, 0.2) is 105 Å². The normalized spacial score (nSPS) is 10.7. The van der Waals surface area contributed by atoms with Crippen LogP contribution < -0.4 is 10.4 Å². The number of hydrogen-bond acceptors (Lipinski definition) is 5. The lowest BCUT2D eigenvalue weighted by molar-refractivity contribution is 0.430. The highest BCUT2D eigenvalue weighted by Gasteiger charge is 2.14. The number of rotatable bonds is 7. The molecule has 4 rings (SSSR count). The Bertz CT molecular complexity index is 1170. The second-order valence-corrected chi connectivity index (χ2v) is 7.74. The van der Waals surface area contributed by atoms with Gasteiger partial charge in [-0.3, -0.25) is 0 Å². The summed E-state index contributed by atoms with van der Waals surface area (Å²) < 4.78 is 11.3. The first-order valence-electron chi connectivity index (χ1n) is 9.56. The number of para-hydroxylation sites is 1. The Balaban J connectivity index is 1.50. The molecule has 0 aliphatic heterocycles. The van der Waals surface area contributed by atoms with E-state index in [1.54, 1.807) is 12.1 Å². The van der Waals surface area contributed by atoms with Gasteiger partial charge in [-0.25, -0.2) is 4.79 Å². The summed E-state index contributed by atoms with van der Waals surface area (Å²) in [5.74, 6) is 2.21. The Morgan fingerprint density at radius 3 is 2.27 bits per heavy atom. The maximum Gasteiger partial charge on any atom is 0.353 e. The maximum atomic E-state index is 12.5. The number of hydrogen-bond donors (Lipinski definition) is 1. The van der Waals surface area contributed by atoms with E-state index in [2.05, 4.69) is 0 Å². The van der Waals surface area contributed by atoms with Gasteiger partial charge in [0.15, 0.2) is 0 Å². The predicted octanol–water partition coefficient (Wildman–Crippen LogP) is 6.14. The molecule has 0 saturated heterocycles. The van der Waals surface area contributed by atoms with Crippen LogP contribution in [0.1, 0.15) is 5.56 Å². The quantitative estimate of drug-likeness (QED) is 0.367. The van der Waals surface area contributed by atoms with E-state index in [0.717, 1.165) is 6.42 Å². The molecule has 0 saturated carbocycles. The minimum atomic E-state index is -0.544. The van der Waals surface area contributed by atoms with Crippen LogP contribution in [-0.4, -0.2) is 10.9 Å². The molecular weight excluding hydrogens is 396 g/mol. The van der Waals surface area contributed by atoms with Crippen molar-refractivity contribution in [1.29, 1.82) is 0 Å². The zero-order valence-corrected chi connectivity index (χ0v) is 17.0. The highest BCUT2D eigenvalue weighted by Crippen LogP contribution is 2.32. The summed E-state index contributed by atoms with van der Waals surface area (Å²) in [6, 6.07) is 28.1. The first-order chi connectivity index (χ1) is 14.7. The number of aryl methyl sites for hydroxylation is 1. The van der Waals surface area contributed by atoms with Gasteiger partial charge in [0.05, 0.1) is 0 Å². The van der Waals surface area contributed by atoms with Crippen molar-refractivity contribution in [3.8, 4) is 28.6 Å². The predicted molar refractivity (Wildman–Crippen MR) is 119 cm³/mol. The third-order valence-electron chi connectivity index (χ3n) is 4.47. The minimum Gasteiger partial charge on any atom is -0.506 e.